The van der Waals surface area contributed by atoms with Crippen molar-refractivity contribution in [1.29, 1.82) is 0 Å². The lowest BCUT2D eigenvalue weighted by Gasteiger charge is -2.15. The number of nitrogens with two attached hydrogens (primary N) is 1. The predicted molar refractivity (Wildman–Crippen MR) is 71.7 cm³/mol. The fourth-order valence-electron chi connectivity index (χ4n) is 1.39. The van der Waals surface area contributed by atoms with Crippen molar-refractivity contribution < 1.29 is 13.5 Å². The smallest absolute Gasteiger partial charge is 0.301 e. The minimum absolute atomic E-state index is 0.0344. The maximum Gasteiger partial charge on any atom is 0.301 e. The van der Waals surface area contributed by atoms with Crippen LogP contribution in [0, 0.1) is 0 Å². The van der Waals surface area contributed by atoms with Crippen LogP contribution in [-0.4, -0.2) is 38.0 Å². The zero-order valence-corrected chi connectivity index (χ0v) is 11.5. The van der Waals surface area contributed by atoms with E-state index in [0.717, 1.165) is 9.87 Å². The first kappa shape index (κ1) is 14.7. The third-order valence-corrected chi connectivity index (χ3v) is 3.78. The number of phenolic OH excluding ortho intramolecular Hbond substituents is 1. The first-order valence-electron chi connectivity index (χ1n) is 5.50. The van der Waals surface area contributed by atoms with Gasteiger partial charge in [-0.3, -0.25) is 4.72 Å². The molecule has 0 fully saturated rings. The number of aromatic hydroxyl groups is 1. The molecule has 18 heavy (non-hydrogen) atoms. The van der Waals surface area contributed by atoms with Gasteiger partial charge in [-0.05, 0) is 31.0 Å². The Balaban J connectivity index is 3.02. The van der Waals surface area contributed by atoms with Gasteiger partial charge in [0.2, 0.25) is 0 Å². The molecule has 1 aromatic rings. The third-order valence-electron chi connectivity index (χ3n) is 2.34. The van der Waals surface area contributed by atoms with E-state index in [1.165, 1.54) is 20.2 Å². The van der Waals surface area contributed by atoms with Gasteiger partial charge in [0.05, 0.1) is 5.69 Å². The molecule has 1 aromatic carbocycles. The fourth-order valence-corrected chi connectivity index (χ4v) is 2.02. The second kappa shape index (κ2) is 5.55. The Kier molecular flexibility index (Phi) is 4.55. The molecule has 1 unspecified atom stereocenters. The van der Waals surface area contributed by atoms with E-state index in [1.807, 2.05) is 6.92 Å². The number of anilines is 1. The van der Waals surface area contributed by atoms with Gasteiger partial charge in [0.15, 0.2) is 0 Å². The van der Waals surface area contributed by atoms with Crippen LogP contribution < -0.4 is 10.5 Å². The lowest BCUT2D eigenvalue weighted by atomic mass is 10.1. The summed E-state index contributed by atoms with van der Waals surface area (Å²) in [6, 6.07) is 4.71. The Bertz CT molecular complexity index is 512. The van der Waals surface area contributed by atoms with Gasteiger partial charge in [-0.15, -0.1) is 0 Å². The molecule has 0 amide bonds. The highest BCUT2D eigenvalue weighted by Gasteiger charge is 2.15. The number of phenols is 1. The standard InChI is InChI=1S/C11H19N3O3S/c1-8(12)6-9-4-5-11(15)10(7-9)13-18(16,17)14(2)3/h4-5,7-8,13,15H,6,12H2,1-3H3. The van der Waals surface area contributed by atoms with E-state index in [2.05, 4.69) is 4.72 Å². The van der Waals surface area contributed by atoms with Crippen molar-refractivity contribution in [1.82, 2.24) is 4.31 Å². The molecule has 0 saturated carbocycles. The van der Waals surface area contributed by atoms with E-state index < -0.39 is 10.2 Å². The van der Waals surface area contributed by atoms with Gasteiger partial charge in [-0.2, -0.15) is 12.7 Å². The summed E-state index contributed by atoms with van der Waals surface area (Å²) in [7, 11) is -0.811. The second-order valence-corrected chi connectivity index (χ2v) is 6.31. The maximum atomic E-state index is 11.7. The Morgan fingerprint density at radius 2 is 2.06 bits per heavy atom. The van der Waals surface area contributed by atoms with Crippen LogP contribution in [0.4, 0.5) is 5.69 Å². The molecule has 7 heteroatoms. The molecule has 4 N–H and O–H groups in total. The number of benzene rings is 1. The Labute approximate surface area is 108 Å². The van der Waals surface area contributed by atoms with Gasteiger partial charge in [-0.1, -0.05) is 6.07 Å². The molecule has 0 aliphatic rings. The normalized spacial score (nSPS) is 13.6. The van der Waals surface area contributed by atoms with Gasteiger partial charge in [0.1, 0.15) is 5.75 Å². The quantitative estimate of drug-likeness (QED) is 0.681. The molecule has 0 bridgehead atoms. The topological polar surface area (TPSA) is 95.7 Å². The van der Waals surface area contributed by atoms with E-state index in [4.69, 9.17) is 5.73 Å². The Hall–Kier alpha value is -1.31. The third kappa shape index (κ3) is 3.86. The summed E-state index contributed by atoms with van der Waals surface area (Å²) < 4.78 is 26.7. The van der Waals surface area contributed by atoms with Gasteiger partial charge < -0.3 is 10.8 Å². The lowest BCUT2D eigenvalue weighted by molar-refractivity contribution is 0.476. The molecule has 1 rings (SSSR count). The summed E-state index contributed by atoms with van der Waals surface area (Å²) in [5.74, 6) is -0.117. The fraction of sp³-hybridized carbons (Fsp3) is 0.455. The minimum atomic E-state index is -3.63. The summed E-state index contributed by atoms with van der Waals surface area (Å²) in [4.78, 5) is 0. The van der Waals surface area contributed by atoms with Crippen molar-refractivity contribution in [3.8, 4) is 5.75 Å². The molecule has 0 heterocycles. The largest absolute Gasteiger partial charge is 0.506 e. The summed E-state index contributed by atoms with van der Waals surface area (Å²) in [5, 5.41) is 9.64. The van der Waals surface area contributed by atoms with Gasteiger partial charge in [-0.25, -0.2) is 0 Å². The highest BCUT2D eigenvalue weighted by atomic mass is 32.2. The molecular formula is C11H19N3O3S. The minimum Gasteiger partial charge on any atom is -0.506 e. The van der Waals surface area contributed by atoms with Crippen LogP contribution in [0.15, 0.2) is 18.2 Å². The van der Waals surface area contributed by atoms with Crippen LogP contribution in [0.1, 0.15) is 12.5 Å². The van der Waals surface area contributed by atoms with Crippen molar-refractivity contribution >= 4 is 15.9 Å². The van der Waals surface area contributed by atoms with E-state index in [-0.39, 0.29) is 17.5 Å². The molecule has 0 aromatic heterocycles. The summed E-state index contributed by atoms with van der Waals surface area (Å²) in [6.45, 7) is 1.86. The summed E-state index contributed by atoms with van der Waals surface area (Å²) in [6.07, 6.45) is 0.608. The van der Waals surface area contributed by atoms with Crippen LogP contribution in [0.5, 0.6) is 5.75 Å². The summed E-state index contributed by atoms with van der Waals surface area (Å²) in [5.41, 5.74) is 6.69. The monoisotopic (exact) mass is 273 g/mol. The van der Waals surface area contributed by atoms with E-state index in [9.17, 15) is 13.5 Å². The highest BCUT2D eigenvalue weighted by molar-refractivity contribution is 7.90. The number of nitrogens with zero attached hydrogens (tertiary/aromatic N) is 1. The lowest BCUT2D eigenvalue weighted by Crippen LogP contribution is -2.29. The molecule has 0 aliphatic heterocycles. The predicted octanol–water partition coefficient (Wildman–Crippen LogP) is 0.500. The number of rotatable bonds is 5. The molecule has 0 aliphatic carbocycles. The van der Waals surface area contributed by atoms with Crippen LogP contribution in [-0.2, 0) is 16.6 Å². The summed E-state index contributed by atoms with van der Waals surface area (Å²) >= 11 is 0. The first-order valence-corrected chi connectivity index (χ1v) is 6.94. The average Bonchev–Trinajstić information content (AvgIpc) is 2.21. The zero-order chi connectivity index (χ0) is 13.9. The van der Waals surface area contributed by atoms with Crippen molar-refractivity contribution in [3.05, 3.63) is 23.8 Å². The molecule has 0 radical (unpaired) electrons. The van der Waals surface area contributed by atoms with Gasteiger partial charge in [0, 0.05) is 20.1 Å². The molecule has 6 nitrogen and oxygen atoms in total. The molecule has 102 valence electrons. The SMILES string of the molecule is CC(N)Cc1ccc(O)c(NS(=O)(=O)N(C)C)c1. The molecule has 0 spiro atoms. The number of nitrogens with one attached hydrogen (secondary N) is 1. The van der Waals surface area contributed by atoms with Crippen molar-refractivity contribution in [2.75, 3.05) is 18.8 Å². The number of hydrogen-bond donors (Lipinski definition) is 3. The molecule has 0 saturated heterocycles. The van der Waals surface area contributed by atoms with Crippen LogP contribution in [0.2, 0.25) is 0 Å². The van der Waals surface area contributed by atoms with Crippen molar-refractivity contribution in [3.63, 3.8) is 0 Å². The number of hydrogen-bond acceptors (Lipinski definition) is 4. The van der Waals surface area contributed by atoms with Gasteiger partial charge >= 0.3 is 10.2 Å². The van der Waals surface area contributed by atoms with E-state index >= 15 is 0 Å². The second-order valence-electron chi connectivity index (χ2n) is 4.42. The van der Waals surface area contributed by atoms with Crippen molar-refractivity contribution in [2.45, 2.75) is 19.4 Å². The molecular weight excluding hydrogens is 254 g/mol. The Morgan fingerprint density at radius 1 is 1.44 bits per heavy atom. The van der Waals surface area contributed by atoms with E-state index in [0.29, 0.717) is 6.42 Å². The zero-order valence-electron chi connectivity index (χ0n) is 10.7. The van der Waals surface area contributed by atoms with Crippen molar-refractivity contribution in [2.24, 2.45) is 5.73 Å². The van der Waals surface area contributed by atoms with Crippen LogP contribution in [0.25, 0.3) is 0 Å². The highest BCUT2D eigenvalue weighted by Crippen LogP contribution is 2.26. The molecule has 1 atom stereocenters. The van der Waals surface area contributed by atoms with Crippen LogP contribution in [0.3, 0.4) is 0 Å². The average molecular weight is 273 g/mol. The van der Waals surface area contributed by atoms with Crippen LogP contribution >= 0.6 is 0 Å². The van der Waals surface area contributed by atoms with E-state index in [1.54, 1.807) is 12.1 Å². The van der Waals surface area contributed by atoms with Gasteiger partial charge in [0.25, 0.3) is 0 Å². The first-order chi connectivity index (χ1) is 8.22. The Morgan fingerprint density at radius 3 is 2.56 bits per heavy atom. The maximum absolute atomic E-state index is 11.7.